The Bertz CT molecular complexity index is 1080. The molecular weight excluding hydrogens is 472 g/mol. The minimum absolute atomic E-state index is 0.00544. The van der Waals surface area contributed by atoms with Crippen LogP contribution in [0.5, 0.6) is 11.5 Å². The van der Waals surface area contributed by atoms with Gasteiger partial charge in [0.25, 0.3) is 5.22 Å². The first-order valence-electron chi connectivity index (χ1n) is 7.81. The molecule has 2 aromatic carbocycles. The van der Waals surface area contributed by atoms with Gasteiger partial charge in [0.2, 0.25) is 12.7 Å². The van der Waals surface area contributed by atoms with Gasteiger partial charge in [-0.1, -0.05) is 27.5 Å². The van der Waals surface area contributed by atoms with E-state index in [2.05, 4.69) is 26.1 Å². The monoisotopic (exact) mass is 480 g/mol. The summed E-state index contributed by atoms with van der Waals surface area (Å²) in [5.41, 5.74) is 1.30. The Labute approximate surface area is 176 Å². The molecule has 1 aliphatic rings. The summed E-state index contributed by atoms with van der Waals surface area (Å²) < 4.78 is 16.9. The molecule has 4 rings (SSSR count). The lowest BCUT2D eigenvalue weighted by atomic mass is 10.2. The predicted molar refractivity (Wildman–Crippen MR) is 106 cm³/mol. The minimum atomic E-state index is -1.12. The molecule has 0 fully saturated rings. The van der Waals surface area contributed by atoms with Gasteiger partial charge in [-0.2, -0.15) is 0 Å². The first-order valence-corrected chi connectivity index (χ1v) is 9.80. The van der Waals surface area contributed by atoms with Gasteiger partial charge in [0.05, 0.1) is 0 Å². The van der Waals surface area contributed by atoms with E-state index in [1.807, 2.05) is 0 Å². The summed E-state index contributed by atoms with van der Waals surface area (Å²) in [5, 5.41) is 18.1. The maximum absolute atomic E-state index is 11.7. The highest BCUT2D eigenvalue weighted by Gasteiger charge is 2.19. The largest absolute Gasteiger partial charge is 0.477 e. The maximum Gasteiger partial charge on any atom is 0.342 e. The van der Waals surface area contributed by atoms with Crippen LogP contribution in [-0.2, 0) is 4.79 Å². The van der Waals surface area contributed by atoms with E-state index in [0.29, 0.717) is 32.1 Å². The third-order valence-electron chi connectivity index (χ3n) is 3.68. The van der Waals surface area contributed by atoms with Crippen LogP contribution in [0.2, 0.25) is 5.02 Å². The number of rotatable bonds is 5. The van der Waals surface area contributed by atoms with Gasteiger partial charge in [-0.05, 0) is 59.8 Å². The highest BCUT2D eigenvalue weighted by Crippen LogP contribution is 2.39. The molecule has 2 heterocycles. The molecule has 0 unspecified atom stereocenters. The Morgan fingerprint density at radius 2 is 1.89 bits per heavy atom. The predicted octanol–water partition coefficient (Wildman–Crippen LogP) is 5.10. The average molecular weight is 482 g/mol. The molecule has 142 valence electrons. The number of ether oxygens (including phenoxy) is 2. The molecule has 7 nitrogen and oxygen atoms in total. The number of thioether (sulfide) groups is 1. The van der Waals surface area contributed by atoms with E-state index in [-0.39, 0.29) is 22.8 Å². The second-order valence-corrected chi connectivity index (χ2v) is 7.81. The fourth-order valence-corrected chi connectivity index (χ4v) is 3.60. The number of hydrogen-bond acceptors (Lipinski definition) is 7. The molecule has 1 N–H and O–H groups in total. The first kappa shape index (κ1) is 18.9. The molecule has 0 amide bonds. The number of benzene rings is 2. The van der Waals surface area contributed by atoms with E-state index in [1.165, 1.54) is 6.08 Å². The highest BCUT2D eigenvalue weighted by molar-refractivity contribution is 9.10. The Kier molecular flexibility index (Phi) is 5.29. The van der Waals surface area contributed by atoms with Crippen LogP contribution >= 0.6 is 39.3 Å². The van der Waals surface area contributed by atoms with Crippen LogP contribution in [0.15, 0.2) is 55.4 Å². The Balaban J connectivity index is 1.61. The minimum Gasteiger partial charge on any atom is -0.477 e. The van der Waals surface area contributed by atoms with Crippen molar-refractivity contribution in [2.75, 3.05) is 6.79 Å². The topological polar surface area (TPSA) is 94.7 Å². The number of carboxylic acids is 1. The Morgan fingerprint density at radius 3 is 2.61 bits per heavy atom. The standard InChI is InChI=1S/C18H10BrClN2O5S/c19-12-7-14-13(25-8-26-14)5-10(12)6-15(17(23)24)28-18-22-21-16(27-18)9-1-3-11(20)4-2-9/h1-7H,8H2,(H,23,24)/b15-6-. The number of carboxylic acid groups (broad SMARTS) is 1. The maximum atomic E-state index is 11.7. The SMILES string of the molecule is O=C(O)/C(=C/c1cc2c(cc1Br)OCO2)Sc1nnc(-c2ccc(Cl)cc2)o1. The number of halogens is 2. The molecule has 0 bridgehead atoms. The van der Waals surface area contributed by atoms with Crippen LogP contribution in [0, 0.1) is 0 Å². The molecule has 0 saturated heterocycles. The third-order valence-corrected chi connectivity index (χ3v) is 5.47. The number of aliphatic carboxylic acids is 1. The van der Waals surface area contributed by atoms with E-state index < -0.39 is 5.97 Å². The smallest absolute Gasteiger partial charge is 0.342 e. The molecule has 1 aliphatic heterocycles. The van der Waals surface area contributed by atoms with Gasteiger partial charge in [0.1, 0.15) is 4.91 Å². The molecule has 1 aromatic heterocycles. The van der Waals surface area contributed by atoms with Gasteiger partial charge in [-0.25, -0.2) is 4.79 Å². The Hall–Kier alpha value is -2.49. The van der Waals surface area contributed by atoms with Crippen molar-refractivity contribution in [3.05, 3.63) is 56.4 Å². The summed E-state index contributed by atoms with van der Waals surface area (Å²) >= 11 is 10.1. The third kappa shape index (κ3) is 4.01. The zero-order valence-electron chi connectivity index (χ0n) is 13.9. The normalized spacial score (nSPS) is 13.0. The molecule has 28 heavy (non-hydrogen) atoms. The van der Waals surface area contributed by atoms with Crippen molar-refractivity contribution >= 4 is 51.3 Å². The molecule has 0 saturated carbocycles. The van der Waals surface area contributed by atoms with Crippen LogP contribution in [0.1, 0.15) is 5.56 Å². The second-order valence-electron chi connectivity index (χ2n) is 5.52. The zero-order valence-corrected chi connectivity index (χ0v) is 17.0. The molecule has 0 radical (unpaired) electrons. The molecule has 0 spiro atoms. The van der Waals surface area contributed by atoms with Crippen molar-refractivity contribution < 1.29 is 23.8 Å². The summed E-state index contributed by atoms with van der Waals surface area (Å²) in [4.78, 5) is 11.7. The molecule has 3 aromatic rings. The van der Waals surface area contributed by atoms with Gasteiger partial charge in [-0.3, -0.25) is 0 Å². The van der Waals surface area contributed by atoms with Gasteiger partial charge >= 0.3 is 5.97 Å². The van der Waals surface area contributed by atoms with Crippen molar-refractivity contribution in [2.45, 2.75) is 5.22 Å². The van der Waals surface area contributed by atoms with Crippen molar-refractivity contribution in [1.82, 2.24) is 10.2 Å². The second kappa shape index (κ2) is 7.86. The molecular formula is C18H10BrClN2O5S. The van der Waals surface area contributed by atoms with Gasteiger partial charge in [-0.15, -0.1) is 10.2 Å². The van der Waals surface area contributed by atoms with Crippen molar-refractivity contribution in [3.8, 4) is 23.0 Å². The van der Waals surface area contributed by atoms with E-state index in [4.69, 9.17) is 25.5 Å². The van der Waals surface area contributed by atoms with Crippen LogP contribution in [0.4, 0.5) is 0 Å². The summed E-state index contributed by atoms with van der Waals surface area (Å²) in [5.74, 6) is 0.291. The summed E-state index contributed by atoms with van der Waals surface area (Å²) in [7, 11) is 0. The fourth-order valence-electron chi connectivity index (χ4n) is 2.37. The van der Waals surface area contributed by atoms with Crippen LogP contribution < -0.4 is 9.47 Å². The van der Waals surface area contributed by atoms with Gasteiger partial charge in [0, 0.05) is 15.1 Å². The van der Waals surface area contributed by atoms with Crippen LogP contribution in [-0.4, -0.2) is 28.1 Å². The average Bonchev–Trinajstić information content (AvgIpc) is 3.31. The van der Waals surface area contributed by atoms with Crippen molar-refractivity contribution in [2.24, 2.45) is 0 Å². The number of fused-ring (bicyclic) bond motifs is 1. The van der Waals surface area contributed by atoms with Crippen LogP contribution in [0.3, 0.4) is 0 Å². The van der Waals surface area contributed by atoms with E-state index in [9.17, 15) is 9.90 Å². The van der Waals surface area contributed by atoms with Crippen LogP contribution in [0.25, 0.3) is 17.5 Å². The summed E-state index contributed by atoms with van der Waals surface area (Å²) in [6.07, 6.45) is 1.49. The van der Waals surface area contributed by atoms with Gasteiger partial charge < -0.3 is 19.0 Å². The molecule has 0 aliphatic carbocycles. The quantitative estimate of drug-likeness (QED) is 0.397. The molecule has 0 atom stereocenters. The lowest BCUT2D eigenvalue weighted by Gasteiger charge is -2.04. The van der Waals surface area contributed by atoms with Crippen molar-refractivity contribution in [1.29, 1.82) is 0 Å². The molecule has 10 heteroatoms. The number of hydrogen-bond donors (Lipinski definition) is 1. The van der Waals surface area contributed by atoms with E-state index in [1.54, 1.807) is 36.4 Å². The summed E-state index contributed by atoms with van der Waals surface area (Å²) in [6.45, 7) is 0.130. The zero-order chi connectivity index (χ0) is 19.7. The van der Waals surface area contributed by atoms with Gasteiger partial charge in [0.15, 0.2) is 11.5 Å². The number of nitrogens with zero attached hydrogens (tertiary/aromatic N) is 2. The number of aromatic nitrogens is 2. The number of carbonyl (C=O) groups is 1. The lowest BCUT2D eigenvalue weighted by Crippen LogP contribution is -1.97. The Morgan fingerprint density at radius 1 is 1.18 bits per heavy atom. The highest BCUT2D eigenvalue weighted by atomic mass is 79.9. The van der Waals surface area contributed by atoms with Crippen molar-refractivity contribution in [3.63, 3.8) is 0 Å². The van der Waals surface area contributed by atoms with E-state index >= 15 is 0 Å². The first-order chi connectivity index (χ1) is 13.5. The van der Waals surface area contributed by atoms with E-state index in [0.717, 1.165) is 11.8 Å². The fraction of sp³-hybridized carbons (Fsp3) is 0.0556. The lowest BCUT2D eigenvalue weighted by molar-refractivity contribution is -0.131. The summed E-state index contributed by atoms with van der Waals surface area (Å²) in [6, 6.07) is 10.3.